The van der Waals surface area contributed by atoms with E-state index < -0.39 is 0 Å². The van der Waals surface area contributed by atoms with E-state index in [2.05, 4.69) is 5.32 Å². The highest BCUT2D eigenvalue weighted by Gasteiger charge is 2.13. The molecule has 0 saturated heterocycles. The van der Waals surface area contributed by atoms with Gasteiger partial charge in [0.25, 0.3) is 0 Å². The molecule has 0 aliphatic rings. The second kappa shape index (κ2) is 6.93. The van der Waals surface area contributed by atoms with Crippen molar-refractivity contribution in [1.82, 2.24) is 5.32 Å². The molecular formula is C15H23N3O2. The predicted molar refractivity (Wildman–Crippen MR) is 82.0 cm³/mol. The van der Waals surface area contributed by atoms with Gasteiger partial charge in [0, 0.05) is 29.5 Å². The van der Waals surface area contributed by atoms with Gasteiger partial charge in [-0.05, 0) is 45.9 Å². The van der Waals surface area contributed by atoms with Crippen LogP contribution in [0.5, 0.6) is 0 Å². The van der Waals surface area contributed by atoms with Crippen molar-refractivity contribution in [2.45, 2.75) is 33.7 Å². The molecule has 0 atom stereocenters. The Morgan fingerprint density at radius 3 is 2.45 bits per heavy atom. The number of ketones is 1. The van der Waals surface area contributed by atoms with Crippen molar-refractivity contribution < 1.29 is 9.59 Å². The molecule has 1 rings (SSSR count). The van der Waals surface area contributed by atoms with Crippen LogP contribution in [-0.2, 0) is 4.79 Å². The van der Waals surface area contributed by atoms with Crippen LogP contribution in [0.15, 0.2) is 18.2 Å². The van der Waals surface area contributed by atoms with Gasteiger partial charge in [0.2, 0.25) is 5.91 Å². The maximum atomic E-state index is 11.8. The van der Waals surface area contributed by atoms with Crippen LogP contribution in [0.3, 0.4) is 0 Å². The molecule has 0 radical (unpaired) electrons. The number of nitrogens with two attached hydrogens (primary N) is 1. The number of hydrogen-bond acceptors (Lipinski definition) is 4. The summed E-state index contributed by atoms with van der Waals surface area (Å²) in [6.45, 7) is 8.26. The summed E-state index contributed by atoms with van der Waals surface area (Å²) in [5.74, 6) is -0.0919. The molecule has 0 spiro atoms. The Kier molecular flexibility index (Phi) is 5.55. The van der Waals surface area contributed by atoms with Gasteiger partial charge in [-0.15, -0.1) is 0 Å². The Morgan fingerprint density at radius 2 is 2.00 bits per heavy atom. The third-order valence-electron chi connectivity index (χ3n) is 2.95. The minimum Gasteiger partial charge on any atom is -0.398 e. The summed E-state index contributed by atoms with van der Waals surface area (Å²) in [5.41, 5.74) is 7.67. The Labute approximate surface area is 120 Å². The number of nitrogens with one attached hydrogen (secondary N) is 1. The second-order valence-corrected chi connectivity index (χ2v) is 5.06. The minimum absolute atomic E-state index is 0.0314. The normalized spacial score (nSPS) is 10.4. The van der Waals surface area contributed by atoms with Crippen molar-refractivity contribution in [1.29, 1.82) is 0 Å². The summed E-state index contributed by atoms with van der Waals surface area (Å²) in [6.07, 6.45) is 0. The van der Waals surface area contributed by atoms with Crippen LogP contribution in [0.1, 0.15) is 38.1 Å². The van der Waals surface area contributed by atoms with Crippen molar-refractivity contribution >= 4 is 23.1 Å². The fourth-order valence-corrected chi connectivity index (χ4v) is 1.99. The molecule has 0 saturated carbocycles. The number of carbonyl (C=O) groups is 2. The number of nitrogen functional groups attached to an aromatic ring is 1. The molecule has 5 heteroatoms. The van der Waals surface area contributed by atoms with E-state index in [4.69, 9.17) is 5.73 Å². The number of Topliss-reactive ketones (excluding diaryl/α,β-unsaturated/α-hetero) is 1. The van der Waals surface area contributed by atoms with E-state index in [9.17, 15) is 9.59 Å². The summed E-state index contributed by atoms with van der Waals surface area (Å²) in [5, 5.41) is 2.86. The molecule has 1 amide bonds. The quantitative estimate of drug-likeness (QED) is 0.614. The van der Waals surface area contributed by atoms with Gasteiger partial charge in [0.15, 0.2) is 5.78 Å². The van der Waals surface area contributed by atoms with E-state index in [0.717, 1.165) is 5.69 Å². The van der Waals surface area contributed by atoms with Gasteiger partial charge >= 0.3 is 0 Å². The smallest absolute Gasteiger partial charge is 0.239 e. The van der Waals surface area contributed by atoms with Crippen LogP contribution in [0, 0.1) is 0 Å². The Balaban J connectivity index is 2.88. The summed E-state index contributed by atoms with van der Waals surface area (Å²) < 4.78 is 0. The molecule has 1 aromatic rings. The molecule has 0 aliphatic carbocycles. The maximum absolute atomic E-state index is 11.8. The van der Waals surface area contributed by atoms with Crippen LogP contribution in [0.2, 0.25) is 0 Å². The van der Waals surface area contributed by atoms with Crippen molar-refractivity contribution in [3.63, 3.8) is 0 Å². The average Bonchev–Trinajstić information content (AvgIpc) is 2.34. The zero-order valence-corrected chi connectivity index (χ0v) is 12.6. The number of likely N-dealkylation sites (N-methyl/N-ethyl adjacent to an activating group) is 1. The van der Waals surface area contributed by atoms with E-state index >= 15 is 0 Å². The number of amides is 1. The van der Waals surface area contributed by atoms with Crippen molar-refractivity contribution in [2.24, 2.45) is 0 Å². The molecular weight excluding hydrogens is 254 g/mol. The minimum atomic E-state index is -0.0605. The highest BCUT2D eigenvalue weighted by atomic mass is 16.2. The Morgan fingerprint density at radius 1 is 1.35 bits per heavy atom. The Bertz CT molecular complexity index is 498. The molecule has 110 valence electrons. The fourth-order valence-electron chi connectivity index (χ4n) is 1.99. The molecule has 20 heavy (non-hydrogen) atoms. The zero-order chi connectivity index (χ0) is 15.3. The van der Waals surface area contributed by atoms with E-state index in [1.165, 1.54) is 6.92 Å². The molecule has 0 aromatic heterocycles. The van der Waals surface area contributed by atoms with Gasteiger partial charge in [-0.25, -0.2) is 0 Å². The maximum Gasteiger partial charge on any atom is 0.239 e. The van der Waals surface area contributed by atoms with Crippen LogP contribution in [-0.4, -0.2) is 30.8 Å². The molecule has 5 nitrogen and oxygen atoms in total. The molecule has 1 aromatic carbocycles. The number of benzene rings is 1. The monoisotopic (exact) mass is 277 g/mol. The van der Waals surface area contributed by atoms with Gasteiger partial charge in [-0.3, -0.25) is 9.59 Å². The molecule has 0 heterocycles. The number of anilines is 2. The molecule has 0 unspecified atom stereocenters. The van der Waals surface area contributed by atoms with Gasteiger partial charge < -0.3 is 16.0 Å². The largest absolute Gasteiger partial charge is 0.398 e. The highest BCUT2D eigenvalue weighted by molar-refractivity contribution is 5.99. The number of rotatable bonds is 6. The first-order valence-electron chi connectivity index (χ1n) is 6.80. The first-order valence-corrected chi connectivity index (χ1v) is 6.80. The lowest BCUT2D eigenvalue weighted by Gasteiger charge is -2.23. The number of carbonyl (C=O) groups excluding carboxylic acids is 2. The van der Waals surface area contributed by atoms with Gasteiger partial charge in [0.05, 0.1) is 6.54 Å². The summed E-state index contributed by atoms with van der Waals surface area (Å²) in [6, 6.07) is 5.38. The molecule has 0 aliphatic heterocycles. The average molecular weight is 277 g/mol. The lowest BCUT2D eigenvalue weighted by molar-refractivity contribution is -0.120. The van der Waals surface area contributed by atoms with Gasteiger partial charge in [-0.2, -0.15) is 0 Å². The van der Waals surface area contributed by atoms with Crippen molar-refractivity contribution in [3.8, 4) is 0 Å². The van der Waals surface area contributed by atoms with Gasteiger partial charge in [-0.1, -0.05) is 0 Å². The lowest BCUT2D eigenvalue weighted by Crippen LogP contribution is -2.40. The Hall–Kier alpha value is -2.04. The molecule has 0 bridgehead atoms. The first kappa shape index (κ1) is 16.0. The van der Waals surface area contributed by atoms with Crippen molar-refractivity contribution in [2.75, 3.05) is 23.7 Å². The van der Waals surface area contributed by atoms with Crippen molar-refractivity contribution in [3.05, 3.63) is 23.8 Å². The summed E-state index contributed by atoms with van der Waals surface area (Å²) in [7, 11) is 0. The predicted octanol–water partition coefficient (Wildman–Crippen LogP) is 1.82. The lowest BCUT2D eigenvalue weighted by atomic mass is 10.1. The van der Waals surface area contributed by atoms with E-state index in [1.54, 1.807) is 12.1 Å². The van der Waals surface area contributed by atoms with Crippen LogP contribution in [0.25, 0.3) is 0 Å². The first-order chi connectivity index (χ1) is 9.35. The summed E-state index contributed by atoms with van der Waals surface area (Å²) >= 11 is 0. The summed E-state index contributed by atoms with van der Waals surface area (Å²) in [4.78, 5) is 25.1. The second-order valence-electron chi connectivity index (χ2n) is 5.06. The number of hydrogen-bond donors (Lipinski definition) is 2. The molecule has 0 fully saturated rings. The van der Waals surface area contributed by atoms with Crippen LogP contribution >= 0.6 is 0 Å². The molecule has 3 N–H and O–H groups in total. The number of nitrogens with zero attached hydrogens (tertiary/aromatic N) is 1. The fraction of sp³-hybridized carbons (Fsp3) is 0.467. The van der Waals surface area contributed by atoms with E-state index in [1.807, 2.05) is 31.7 Å². The van der Waals surface area contributed by atoms with Crippen LogP contribution in [0.4, 0.5) is 11.4 Å². The van der Waals surface area contributed by atoms with E-state index in [0.29, 0.717) is 17.8 Å². The van der Waals surface area contributed by atoms with Gasteiger partial charge in [0.1, 0.15) is 0 Å². The standard InChI is InChI=1S/C15H23N3O2/c1-5-18(9-15(20)17-10(2)3)12-6-7-13(11(4)19)14(16)8-12/h6-8,10H,5,9,16H2,1-4H3,(H,17,20). The third-order valence-corrected chi connectivity index (χ3v) is 2.95. The third kappa shape index (κ3) is 4.26. The van der Waals surface area contributed by atoms with Crippen LogP contribution < -0.4 is 16.0 Å². The topological polar surface area (TPSA) is 75.4 Å². The van der Waals surface area contributed by atoms with E-state index in [-0.39, 0.29) is 24.3 Å². The zero-order valence-electron chi connectivity index (χ0n) is 12.6. The highest BCUT2D eigenvalue weighted by Crippen LogP contribution is 2.21. The SMILES string of the molecule is CCN(CC(=O)NC(C)C)c1ccc(C(C)=O)c(N)c1.